The maximum Gasteiger partial charge on any atom is 0.199 e. The Kier molecular flexibility index (Phi) is 4.66. The molecule has 0 radical (unpaired) electrons. The number of hydrogen-bond acceptors (Lipinski definition) is 4. The Balaban J connectivity index is 1.72. The van der Waals surface area contributed by atoms with Crippen LogP contribution in [0.15, 0.2) is 12.3 Å². The van der Waals surface area contributed by atoms with E-state index in [-0.39, 0.29) is 12.5 Å². The molecule has 0 amide bonds. The molecule has 0 bridgehead atoms. The lowest BCUT2D eigenvalue weighted by atomic mass is 10.1. The predicted molar refractivity (Wildman–Crippen MR) is 92.5 cm³/mol. The first-order chi connectivity index (χ1) is 11.7. The largest absolute Gasteiger partial charge is 0.464 e. The minimum Gasteiger partial charge on any atom is -0.464 e. The zero-order chi connectivity index (χ0) is 16.5. The van der Waals surface area contributed by atoms with Crippen molar-refractivity contribution in [3.8, 4) is 5.75 Å². The van der Waals surface area contributed by atoms with Gasteiger partial charge >= 0.3 is 0 Å². The highest BCUT2D eigenvalue weighted by Crippen LogP contribution is 2.38. The summed E-state index contributed by atoms with van der Waals surface area (Å²) in [5.74, 6) is 0.784. The molecule has 0 saturated carbocycles. The second kappa shape index (κ2) is 6.90. The van der Waals surface area contributed by atoms with Crippen LogP contribution >= 0.6 is 11.6 Å². The molecular formula is C18H23ClN2O3. The van der Waals surface area contributed by atoms with Crippen LogP contribution in [0.4, 0.5) is 0 Å². The minimum atomic E-state index is -0.201. The molecule has 1 aromatic carbocycles. The summed E-state index contributed by atoms with van der Waals surface area (Å²) in [6, 6.07) is 1.96. The number of aromatic nitrogens is 2. The maximum absolute atomic E-state index is 6.48. The molecule has 24 heavy (non-hydrogen) atoms. The summed E-state index contributed by atoms with van der Waals surface area (Å²) in [6.07, 6.45) is 8.02. The van der Waals surface area contributed by atoms with Gasteiger partial charge in [-0.05, 0) is 45.1 Å². The van der Waals surface area contributed by atoms with Crippen molar-refractivity contribution in [2.24, 2.45) is 0 Å². The number of hydrogen-bond donors (Lipinski definition) is 0. The first-order valence-corrected chi connectivity index (χ1v) is 9.18. The third-order valence-corrected chi connectivity index (χ3v) is 5.25. The van der Waals surface area contributed by atoms with Crippen molar-refractivity contribution in [1.82, 2.24) is 9.78 Å². The van der Waals surface area contributed by atoms with E-state index in [1.807, 2.05) is 23.9 Å². The van der Waals surface area contributed by atoms with Gasteiger partial charge in [-0.15, -0.1) is 0 Å². The average molecular weight is 351 g/mol. The van der Waals surface area contributed by atoms with E-state index in [9.17, 15) is 0 Å². The van der Waals surface area contributed by atoms with Crippen molar-refractivity contribution in [2.45, 2.75) is 58.0 Å². The van der Waals surface area contributed by atoms with Crippen LogP contribution in [-0.2, 0) is 9.47 Å². The van der Waals surface area contributed by atoms with Crippen LogP contribution in [0.1, 0.15) is 50.3 Å². The Bertz CT molecular complexity index is 719. The SMILES string of the molecule is Cc1c(Cl)cc2c(cnn2C2CCCCO2)c1OC1CCCCO1. The third kappa shape index (κ3) is 3.01. The first kappa shape index (κ1) is 16.2. The number of fused-ring (bicyclic) bond motifs is 1. The van der Waals surface area contributed by atoms with Gasteiger partial charge in [-0.3, -0.25) is 0 Å². The average Bonchev–Trinajstić information content (AvgIpc) is 3.04. The summed E-state index contributed by atoms with van der Waals surface area (Å²) in [7, 11) is 0. The van der Waals surface area contributed by atoms with Gasteiger partial charge in [0.15, 0.2) is 12.5 Å². The van der Waals surface area contributed by atoms with Gasteiger partial charge in [-0.2, -0.15) is 5.10 Å². The van der Waals surface area contributed by atoms with Gasteiger partial charge < -0.3 is 14.2 Å². The van der Waals surface area contributed by atoms with E-state index < -0.39 is 0 Å². The van der Waals surface area contributed by atoms with E-state index in [4.69, 9.17) is 25.8 Å². The Morgan fingerprint density at radius 1 is 1.17 bits per heavy atom. The highest BCUT2D eigenvalue weighted by molar-refractivity contribution is 6.32. The van der Waals surface area contributed by atoms with Gasteiger partial charge in [0, 0.05) is 23.6 Å². The van der Waals surface area contributed by atoms with Crippen molar-refractivity contribution >= 4 is 22.5 Å². The zero-order valence-corrected chi connectivity index (χ0v) is 14.7. The molecule has 2 aliphatic heterocycles. The fourth-order valence-corrected chi connectivity index (χ4v) is 3.65. The summed E-state index contributed by atoms with van der Waals surface area (Å²) >= 11 is 6.48. The Morgan fingerprint density at radius 3 is 2.67 bits per heavy atom. The first-order valence-electron chi connectivity index (χ1n) is 8.80. The fraction of sp³-hybridized carbons (Fsp3) is 0.611. The summed E-state index contributed by atoms with van der Waals surface area (Å²) in [6.45, 7) is 3.52. The Hall–Kier alpha value is -1.30. The van der Waals surface area contributed by atoms with Crippen LogP contribution in [0.5, 0.6) is 5.75 Å². The second-order valence-corrected chi connectivity index (χ2v) is 6.98. The van der Waals surface area contributed by atoms with Crippen molar-refractivity contribution in [1.29, 1.82) is 0 Å². The van der Waals surface area contributed by atoms with Gasteiger partial charge in [-0.25, -0.2) is 4.68 Å². The molecule has 4 rings (SSSR count). The summed E-state index contributed by atoms with van der Waals surface area (Å²) < 4.78 is 19.7. The number of rotatable bonds is 3. The van der Waals surface area contributed by atoms with Gasteiger partial charge in [0.2, 0.25) is 0 Å². The van der Waals surface area contributed by atoms with E-state index in [0.29, 0.717) is 5.02 Å². The lowest BCUT2D eigenvalue weighted by Gasteiger charge is -2.25. The molecular weight excluding hydrogens is 328 g/mol. The van der Waals surface area contributed by atoms with E-state index >= 15 is 0 Å². The second-order valence-electron chi connectivity index (χ2n) is 6.57. The molecule has 2 atom stereocenters. The molecule has 3 heterocycles. The van der Waals surface area contributed by atoms with Crippen LogP contribution in [-0.4, -0.2) is 29.3 Å². The Labute approximate surface area is 146 Å². The summed E-state index contributed by atoms with van der Waals surface area (Å²) in [5.41, 5.74) is 1.89. The fourth-order valence-electron chi connectivity index (χ4n) is 3.46. The molecule has 130 valence electrons. The van der Waals surface area contributed by atoms with E-state index in [1.54, 1.807) is 0 Å². The van der Waals surface area contributed by atoms with Crippen molar-refractivity contribution in [3.63, 3.8) is 0 Å². The van der Waals surface area contributed by atoms with E-state index in [1.165, 1.54) is 0 Å². The van der Waals surface area contributed by atoms with Gasteiger partial charge in [-0.1, -0.05) is 11.6 Å². The monoisotopic (exact) mass is 350 g/mol. The lowest BCUT2D eigenvalue weighted by Crippen LogP contribution is -2.25. The molecule has 2 unspecified atom stereocenters. The minimum absolute atomic E-state index is 0.0196. The number of benzene rings is 1. The van der Waals surface area contributed by atoms with Crippen molar-refractivity contribution in [3.05, 3.63) is 22.8 Å². The summed E-state index contributed by atoms with van der Waals surface area (Å²) in [4.78, 5) is 0. The molecule has 2 aromatic rings. The van der Waals surface area contributed by atoms with Gasteiger partial charge in [0.25, 0.3) is 0 Å². The maximum atomic E-state index is 6.48. The van der Waals surface area contributed by atoms with E-state index in [2.05, 4.69) is 5.10 Å². The Morgan fingerprint density at radius 2 is 1.96 bits per heavy atom. The van der Waals surface area contributed by atoms with Crippen LogP contribution in [0.2, 0.25) is 5.02 Å². The van der Waals surface area contributed by atoms with Crippen molar-refractivity contribution in [2.75, 3.05) is 13.2 Å². The van der Waals surface area contributed by atoms with Crippen LogP contribution in [0, 0.1) is 6.92 Å². The lowest BCUT2D eigenvalue weighted by molar-refractivity contribution is -0.105. The van der Waals surface area contributed by atoms with Crippen molar-refractivity contribution < 1.29 is 14.2 Å². The zero-order valence-electron chi connectivity index (χ0n) is 14.0. The van der Waals surface area contributed by atoms with Crippen LogP contribution in [0.25, 0.3) is 10.9 Å². The molecule has 2 saturated heterocycles. The van der Waals surface area contributed by atoms with Gasteiger partial charge in [0.05, 0.1) is 23.7 Å². The number of nitrogens with zero attached hydrogens (tertiary/aromatic N) is 2. The molecule has 5 nitrogen and oxygen atoms in total. The van der Waals surface area contributed by atoms with E-state index in [0.717, 1.165) is 74.0 Å². The molecule has 2 aliphatic rings. The predicted octanol–water partition coefficient (Wildman–Crippen LogP) is 4.60. The van der Waals surface area contributed by atoms with Gasteiger partial charge in [0.1, 0.15) is 5.75 Å². The number of ether oxygens (including phenoxy) is 3. The molecule has 1 aromatic heterocycles. The topological polar surface area (TPSA) is 45.5 Å². The molecule has 2 fully saturated rings. The number of halogens is 1. The highest BCUT2D eigenvalue weighted by Gasteiger charge is 2.24. The third-order valence-electron chi connectivity index (χ3n) is 4.86. The normalized spacial score (nSPS) is 25.1. The van der Waals surface area contributed by atoms with Crippen LogP contribution in [0.3, 0.4) is 0 Å². The highest BCUT2D eigenvalue weighted by atomic mass is 35.5. The standard InChI is InChI=1S/C18H23ClN2O3/c1-12-14(19)10-15-13(18(12)24-17-7-3-5-9-23-17)11-20-21(15)16-6-2-4-8-22-16/h10-11,16-17H,2-9H2,1H3. The smallest absolute Gasteiger partial charge is 0.199 e. The molecule has 0 spiro atoms. The van der Waals surface area contributed by atoms with Crippen LogP contribution < -0.4 is 4.74 Å². The quantitative estimate of drug-likeness (QED) is 0.811. The molecule has 0 aliphatic carbocycles. The molecule has 0 N–H and O–H groups in total. The molecule has 6 heteroatoms. The summed E-state index contributed by atoms with van der Waals surface area (Å²) in [5, 5.41) is 6.23.